The molecule has 0 radical (unpaired) electrons. The second-order valence-electron chi connectivity index (χ2n) is 12.8. The van der Waals surface area contributed by atoms with E-state index < -0.39 is 29.9 Å². The quantitative estimate of drug-likeness (QED) is 0.120. The van der Waals surface area contributed by atoms with Gasteiger partial charge in [0.2, 0.25) is 0 Å². The van der Waals surface area contributed by atoms with E-state index in [0.29, 0.717) is 25.2 Å². The van der Waals surface area contributed by atoms with Crippen molar-refractivity contribution < 1.29 is 46.8 Å². The van der Waals surface area contributed by atoms with Crippen LogP contribution in [0.25, 0.3) is 0 Å². The summed E-state index contributed by atoms with van der Waals surface area (Å²) in [5.74, 6) is -4.59. The van der Waals surface area contributed by atoms with E-state index in [1.165, 1.54) is 0 Å². The highest BCUT2D eigenvalue weighted by Gasteiger charge is 2.56. The molecule has 2 aromatic rings. The first-order chi connectivity index (χ1) is 20.6. The van der Waals surface area contributed by atoms with E-state index in [-0.39, 0.29) is 42.1 Å². The van der Waals surface area contributed by atoms with Gasteiger partial charge in [-0.1, -0.05) is 76.5 Å². The van der Waals surface area contributed by atoms with Crippen molar-refractivity contribution >= 4 is 5.97 Å². The van der Waals surface area contributed by atoms with Gasteiger partial charge in [-0.25, -0.2) is 0 Å². The van der Waals surface area contributed by atoms with E-state index in [1.54, 1.807) is 31.2 Å². The fraction of sp³-hybridized carbons (Fsp3) is 0.618. The van der Waals surface area contributed by atoms with Crippen molar-refractivity contribution in [3.8, 4) is 17.2 Å². The van der Waals surface area contributed by atoms with Crippen LogP contribution in [-0.4, -0.2) is 40.0 Å². The average molecular weight is 629 g/mol. The second kappa shape index (κ2) is 14.8. The summed E-state index contributed by atoms with van der Waals surface area (Å²) in [6, 6.07) is 12.5. The maximum atomic E-state index is 13.1. The summed E-state index contributed by atoms with van der Waals surface area (Å²) in [4.78, 5) is 11.8. The van der Waals surface area contributed by atoms with Crippen LogP contribution in [0, 0.1) is 5.41 Å². The number of phenols is 2. The number of rotatable bonds is 17. The molecule has 44 heavy (non-hydrogen) atoms. The Bertz CT molecular complexity index is 1220. The van der Waals surface area contributed by atoms with Gasteiger partial charge in [-0.05, 0) is 61.9 Å². The van der Waals surface area contributed by atoms with Crippen molar-refractivity contribution in [3.05, 3.63) is 53.6 Å². The van der Waals surface area contributed by atoms with Crippen LogP contribution in [0.1, 0.15) is 114 Å². The van der Waals surface area contributed by atoms with E-state index in [9.17, 15) is 42.1 Å². The molecule has 3 rings (SSSR count). The van der Waals surface area contributed by atoms with Crippen molar-refractivity contribution in [2.75, 3.05) is 6.61 Å². The van der Waals surface area contributed by atoms with Gasteiger partial charge in [0.05, 0.1) is 12.0 Å². The first kappa shape index (κ1) is 35.4. The van der Waals surface area contributed by atoms with Gasteiger partial charge in [0, 0.05) is 23.8 Å². The molecule has 0 bridgehead atoms. The molecule has 0 spiro atoms. The van der Waals surface area contributed by atoms with E-state index in [2.05, 4.69) is 6.92 Å². The highest BCUT2D eigenvalue weighted by atomic mass is 19.4. The highest BCUT2D eigenvalue weighted by molar-refractivity contribution is 5.74. The lowest BCUT2D eigenvalue weighted by atomic mass is 9.66. The Hall–Kier alpha value is -3.04. The number of phenolic OH excluding ortho intramolecular Hbond substituents is 2. The monoisotopic (exact) mass is 628 g/mol. The fourth-order valence-corrected chi connectivity index (χ4v) is 6.30. The molecule has 0 aliphatic carbocycles. The number of unbranched alkanes of at least 4 members (excludes halogenated alkanes) is 7. The molecule has 1 aliphatic rings. The number of hydrogen-bond donors (Lipinski definition) is 3. The Labute approximate surface area is 256 Å². The first-order valence-corrected chi connectivity index (χ1v) is 15.5. The van der Waals surface area contributed by atoms with Crippen LogP contribution in [0.3, 0.4) is 0 Å². The van der Waals surface area contributed by atoms with Gasteiger partial charge in [0.1, 0.15) is 17.2 Å². The maximum absolute atomic E-state index is 13.1. The van der Waals surface area contributed by atoms with Gasteiger partial charge in [0.15, 0.2) is 0 Å². The molecule has 3 unspecified atom stereocenters. The molecule has 3 atom stereocenters. The molecule has 0 amide bonds. The number of ether oxygens (including phenoxy) is 1. The SMILES string of the molecule is CC(CCCCCCCCCC1c2ccc(O)cc2OCC1(C)c1ccc(O)cc1)(CCCCC(F)(F)C(F)(F)F)C(=O)O. The van der Waals surface area contributed by atoms with Gasteiger partial charge in [-0.3, -0.25) is 4.79 Å². The van der Waals surface area contributed by atoms with Crippen molar-refractivity contribution in [1.29, 1.82) is 0 Å². The summed E-state index contributed by atoms with van der Waals surface area (Å²) >= 11 is 0. The second-order valence-corrected chi connectivity index (χ2v) is 12.8. The van der Waals surface area contributed by atoms with E-state index >= 15 is 0 Å². The van der Waals surface area contributed by atoms with Crippen LogP contribution < -0.4 is 4.74 Å². The summed E-state index contributed by atoms with van der Waals surface area (Å²) in [6.07, 6.45) is 0.464. The molecule has 0 fully saturated rings. The van der Waals surface area contributed by atoms with Crippen molar-refractivity contribution in [2.45, 2.75) is 121 Å². The Morgan fingerprint density at radius 3 is 1.93 bits per heavy atom. The molecule has 0 aromatic heterocycles. The summed E-state index contributed by atoms with van der Waals surface area (Å²) < 4.78 is 69.4. The molecule has 2 aromatic carbocycles. The minimum atomic E-state index is -5.58. The largest absolute Gasteiger partial charge is 0.508 e. The van der Waals surface area contributed by atoms with Crippen LogP contribution in [-0.2, 0) is 10.2 Å². The average Bonchev–Trinajstić information content (AvgIpc) is 2.95. The zero-order valence-electron chi connectivity index (χ0n) is 25.6. The third-order valence-corrected chi connectivity index (χ3v) is 9.32. The molecule has 246 valence electrons. The van der Waals surface area contributed by atoms with Crippen molar-refractivity contribution in [2.24, 2.45) is 5.41 Å². The number of carboxylic acid groups (broad SMARTS) is 1. The molecular weight excluding hydrogens is 583 g/mol. The number of fused-ring (bicyclic) bond motifs is 1. The van der Waals surface area contributed by atoms with Crippen LogP contribution >= 0.6 is 0 Å². The van der Waals surface area contributed by atoms with Gasteiger partial charge in [-0.2, -0.15) is 22.0 Å². The Morgan fingerprint density at radius 1 is 0.818 bits per heavy atom. The van der Waals surface area contributed by atoms with Crippen LogP contribution in [0.15, 0.2) is 42.5 Å². The van der Waals surface area contributed by atoms with Crippen LogP contribution in [0.4, 0.5) is 22.0 Å². The molecule has 1 heterocycles. The van der Waals surface area contributed by atoms with Gasteiger partial charge in [0.25, 0.3) is 0 Å². The van der Waals surface area contributed by atoms with Gasteiger partial charge >= 0.3 is 18.1 Å². The summed E-state index contributed by atoms with van der Waals surface area (Å²) in [6.45, 7) is 4.16. The topological polar surface area (TPSA) is 87.0 Å². The number of aliphatic carboxylic acids is 1. The van der Waals surface area contributed by atoms with E-state index in [0.717, 1.165) is 56.1 Å². The van der Waals surface area contributed by atoms with Crippen LogP contribution in [0.5, 0.6) is 17.2 Å². The number of carbonyl (C=O) groups is 1. The third kappa shape index (κ3) is 9.00. The summed E-state index contributed by atoms with van der Waals surface area (Å²) in [7, 11) is 0. The number of alkyl halides is 5. The number of hydrogen-bond acceptors (Lipinski definition) is 4. The normalized spacial score (nSPS) is 20.0. The third-order valence-electron chi connectivity index (χ3n) is 9.32. The summed E-state index contributed by atoms with van der Waals surface area (Å²) in [5, 5.41) is 29.4. The molecule has 0 saturated heterocycles. The fourth-order valence-electron chi connectivity index (χ4n) is 6.30. The van der Waals surface area contributed by atoms with Gasteiger partial charge in [-0.15, -0.1) is 0 Å². The predicted octanol–water partition coefficient (Wildman–Crippen LogP) is 9.89. The van der Waals surface area contributed by atoms with E-state index in [4.69, 9.17) is 4.74 Å². The zero-order chi connectivity index (χ0) is 32.6. The minimum absolute atomic E-state index is 0.000976. The molecular formula is C34H45F5O5. The lowest BCUT2D eigenvalue weighted by Gasteiger charge is -2.43. The first-order valence-electron chi connectivity index (χ1n) is 15.5. The minimum Gasteiger partial charge on any atom is -0.508 e. The van der Waals surface area contributed by atoms with Gasteiger partial charge < -0.3 is 20.1 Å². The summed E-state index contributed by atoms with van der Waals surface area (Å²) in [5.41, 5.74) is 0.675. The molecule has 10 heteroatoms. The molecule has 1 aliphatic heterocycles. The highest BCUT2D eigenvalue weighted by Crippen LogP contribution is 2.50. The number of aromatic hydroxyl groups is 2. The Balaban J connectivity index is 1.42. The predicted molar refractivity (Wildman–Crippen MR) is 159 cm³/mol. The lowest BCUT2D eigenvalue weighted by molar-refractivity contribution is -0.284. The molecule has 0 saturated carbocycles. The van der Waals surface area contributed by atoms with Crippen LogP contribution in [0.2, 0.25) is 0 Å². The van der Waals surface area contributed by atoms with Crippen molar-refractivity contribution in [3.63, 3.8) is 0 Å². The van der Waals surface area contributed by atoms with Crippen molar-refractivity contribution in [1.82, 2.24) is 0 Å². The number of carboxylic acids is 1. The maximum Gasteiger partial charge on any atom is 0.453 e. The smallest absolute Gasteiger partial charge is 0.453 e. The number of halogens is 5. The van der Waals surface area contributed by atoms with E-state index in [1.807, 2.05) is 18.2 Å². The lowest BCUT2D eigenvalue weighted by Crippen LogP contribution is -2.40. The zero-order valence-corrected chi connectivity index (χ0v) is 25.6. The Kier molecular flexibility index (Phi) is 11.9. The molecule has 5 nitrogen and oxygen atoms in total. The number of benzene rings is 2. The Morgan fingerprint density at radius 2 is 1.34 bits per heavy atom. The molecule has 3 N–H and O–H groups in total. The standard InChI is InChI=1S/C34H45F5O5/c1-31(30(42)43,20-10-11-21-33(35,36)34(37,38)39)19-9-7-5-3-4-6-8-12-28-27-18-17-26(41)22-29(27)44-23-32(28,2)24-13-15-25(40)16-14-24/h13-18,22,28,40-41H,3-12,19-21,23H2,1-2H3,(H,42,43).